The number of aliphatic hydroxyl groups excluding tert-OH is 1. The number of nitrogens with zero attached hydrogens (tertiary/aromatic N) is 2. The highest BCUT2D eigenvalue weighted by atomic mass is 35.5. The largest absolute Gasteiger partial charge is 0.399 e. The lowest BCUT2D eigenvalue weighted by Crippen LogP contribution is -2.09. The molecule has 0 aliphatic carbocycles. The highest BCUT2D eigenvalue weighted by Crippen LogP contribution is 2.21. The lowest BCUT2D eigenvalue weighted by atomic mass is 10.1. The van der Waals surface area contributed by atoms with Gasteiger partial charge in [0.2, 0.25) is 0 Å². The number of halogens is 1. The van der Waals surface area contributed by atoms with Crippen LogP contribution in [0.3, 0.4) is 0 Å². The van der Waals surface area contributed by atoms with Crippen LogP contribution in [0.2, 0.25) is 5.15 Å². The lowest BCUT2D eigenvalue weighted by Gasteiger charge is -2.11. The number of hydrogen-bond donors (Lipinski definition) is 2. The van der Waals surface area contributed by atoms with Crippen LogP contribution in [0.5, 0.6) is 0 Å². The van der Waals surface area contributed by atoms with Crippen LogP contribution < -0.4 is 5.73 Å². The predicted molar refractivity (Wildman–Crippen MR) is 95.6 cm³/mol. The molecule has 23 heavy (non-hydrogen) atoms. The quantitative estimate of drug-likeness (QED) is 0.534. The molecule has 0 aliphatic heterocycles. The number of aromatic nitrogens is 2. The lowest BCUT2D eigenvalue weighted by molar-refractivity contribution is 0.271. The van der Waals surface area contributed by atoms with E-state index in [-0.39, 0.29) is 6.61 Å². The van der Waals surface area contributed by atoms with E-state index in [1.165, 1.54) is 25.7 Å². The fraction of sp³-hybridized carbons (Fsp3) is 0.500. The monoisotopic (exact) mass is 335 g/mol. The van der Waals surface area contributed by atoms with Crippen LogP contribution in [0.1, 0.15) is 56.1 Å². The van der Waals surface area contributed by atoms with Crippen molar-refractivity contribution in [1.29, 1.82) is 0 Å². The van der Waals surface area contributed by atoms with Gasteiger partial charge in [0, 0.05) is 18.7 Å². The van der Waals surface area contributed by atoms with E-state index in [2.05, 4.69) is 11.9 Å². The SMILES string of the molecule is CCCCCCCc1nc(Cl)c(CO)n1Cc1ccc(N)cc1. The molecule has 126 valence electrons. The van der Waals surface area contributed by atoms with E-state index in [9.17, 15) is 5.11 Å². The smallest absolute Gasteiger partial charge is 0.152 e. The summed E-state index contributed by atoms with van der Waals surface area (Å²) in [7, 11) is 0. The average molecular weight is 336 g/mol. The molecule has 3 N–H and O–H groups in total. The van der Waals surface area contributed by atoms with Crippen LogP contribution in [0.25, 0.3) is 0 Å². The zero-order valence-corrected chi connectivity index (χ0v) is 14.5. The normalized spacial score (nSPS) is 11.1. The first kappa shape index (κ1) is 17.8. The molecule has 0 saturated carbocycles. The van der Waals surface area contributed by atoms with Crippen molar-refractivity contribution in [3.63, 3.8) is 0 Å². The van der Waals surface area contributed by atoms with E-state index in [1.807, 2.05) is 28.8 Å². The summed E-state index contributed by atoms with van der Waals surface area (Å²) in [5.74, 6) is 0.951. The van der Waals surface area contributed by atoms with Crippen molar-refractivity contribution in [3.05, 3.63) is 46.5 Å². The minimum atomic E-state index is -0.101. The highest BCUT2D eigenvalue weighted by molar-refractivity contribution is 6.30. The van der Waals surface area contributed by atoms with Crippen LogP contribution in [0.15, 0.2) is 24.3 Å². The number of rotatable bonds is 9. The Labute approximate surface area is 143 Å². The van der Waals surface area contributed by atoms with Gasteiger partial charge < -0.3 is 15.4 Å². The second-order valence-corrected chi connectivity index (χ2v) is 6.27. The molecule has 0 spiro atoms. The molecular formula is C18H26ClN3O. The van der Waals surface area contributed by atoms with Gasteiger partial charge in [-0.05, 0) is 24.1 Å². The van der Waals surface area contributed by atoms with Crippen molar-refractivity contribution in [1.82, 2.24) is 9.55 Å². The topological polar surface area (TPSA) is 64.1 Å². The van der Waals surface area contributed by atoms with Crippen molar-refractivity contribution in [2.75, 3.05) is 5.73 Å². The van der Waals surface area contributed by atoms with E-state index in [4.69, 9.17) is 17.3 Å². The van der Waals surface area contributed by atoms with E-state index in [0.717, 1.165) is 29.9 Å². The third-order valence-corrected chi connectivity index (χ3v) is 4.38. The van der Waals surface area contributed by atoms with Crippen molar-refractivity contribution in [2.45, 2.75) is 58.6 Å². The second kappa shape index (κ2) is 8.94. The molecule has 0 bridgehead atoms. The molecule has 0 radical (unpaired) electrons. The molecule has 5 heteroatoms. The van der Waals surface area contributed by atoms with Gasteiger partial charge in [0.25, 0.3) is 0 Å². The van der Waals surface area contributed by atoms with Crippen LogP contribution >= 0.6 is 11.6 Å². The number of hydrogen-bond acceptors (Lipinski definition) is 3. The summed E-state index contributed by atoms with van der Waals surface area (Å²) in [6.07, 6.45) is 6.97. The number of nitrogens with two attached hydrogens (primary N) is 1. The summed E-state index contributed by atoms with van der Waals surface area (Å²) < 4.78 is 2.04. The van der Waals surface area contributed by atoms with Gasteiger partial charge in [0.05, 0.1) is 12.3 Å². The number of aryl methyl sites for hydroxylation is 1. The van der Waals surface area contributed by atoms with Crippen LogP contribution in [0, 0.1) is 0 Å². The third kappa shape index (κ3) is 4.98. The van der Waals surface area contributed by atoms with E-state index in [0.29, 0.717) is 17.4 Å². The van der Waals surface area contributed by atoms with Crippen molar-refractivity contribution in [2.24, 2.45) is 0 Å². The van der Waals surface area contributed by atoms with Crippen LogP contribution in [-0.4, -0.2) is 14.7 Å². The molecule has 1 aromatic heterocycles. The summed E-state index contributed by atoms with van der Waals surface area (Å²) >= 11 is 6.19. The molecule has 0 atom stereocenters. The fourth-order valence-corrected chi connectivity index (χ4v) is 2.99. The minimum Gasteiger partial charge on any atom is -0.399 e. The highest BCUT2D eigenvalue weighted by Gasteiger charge is 2.15. The number of aliphatic hydroxyl groups is 1. The summed E-state index contributed by atoms with van der Waals surface area (Å²) in [6.45, 7) is 2.77. The van der Waals surface area contributed by atoms with E-state index in [1.54, 1.807) is 0 Å². The van der Waals surface area contributed by atoms with E-state index >= 15 is 0 Å². The Balaban J connectivity index is 2.10. The Morgan fingerprint density at radius 1 is 1.13 bits per heavy atom. The molecule has 0 unspecified atom stereocenters. The Morgan fingerprint density at radius 2 is 1.83 bits per heavy atom. The average Bonchev–Trinajstić information content (AvgIpc) is 2.84. The maximum Gasteiger partial charge on any atom is 0.152 e. The maximum absolute atomic E-state index is 9.61. The van der Waals surface area contributed by atoms with Crippen molar-refractivity contribution >= 4 is 17.3 Å². The zero-order chi connectivity index (χ0) is 16.7. The van der Waals surface area contributed by atoms with Gasteiger partial charge in [-0.3, -0.25) is 0 Å². The van der Waals surface area contributed by atoms with Gasteiger partial charge in [0.15, 0.2) is 5.15 Å². The third-order valence-electron chi connectivity index (χ3n) is 4.08. The number of imidazole rings is 1. The van der Waals surface area contributed by atoms with Gasteiger partial charge in [0.1, 0.15) is 5.82 Å². The summed E-state index contributed by atoms with van der Waals surface area (Å²) in [5, 5.41) is 10.0. The molecule has 1 aromatic carbocycles. The van der Waals surface area contributed by atoms with Crippen molar-refractivity contribution in [3.8, 4) is 0 Å². The second-order valence-electron chi connectivity index (χ2n) is 5.92. The molecule has 1 heterocycles. The molecule has 0 amide bonds. The molecule has 0 saturated heterocycles. The Hall–Kier alpha value is -1.52. The van der Waals surface area contributed by atoms with E-state index < -0.39 is 0 Å². The van der Waals surface area contributed by atoms with Gasteiger partial charge >= 0.3 is 0 Å². The molecule has 2 rings (SSSR count). The maximum atomic E-state index is 9.61. The summed E-state index contributed by atoms with van der Waals surface area (Å²) in [4.78, 5) is 4.46. The van der Waals surface area contributed by atoms with Gasteiger partial charge in [-0.1, -0.05) is 56.3 Å². The van der Waals surface area contributed by atoms with Gasteiger partial charge in [-0.25, -0.2) is 4.98 Å². The summed E-state index contributed by atoms with van der Waals surface area (Å²) in [5.41, 5.74) is 8.29. The number of unbranched alkanes of at least 4 members (excludes halogenated alkanes) is 4. The van der Waals surface area contributed by atoms with Crippen molar-refractivity contribution < 1.29 is 5.11 Å². The Bertz CT molecular complexity index is 607. The van der Waals surface area contributed by atoms with Gasteiger partial charge in [-0.2, -0.15) is 0 Å². The summed E-state index contributed by atoms with van der Waals surface area (Å²) in [6, 6.07) is 7.76. The van der Waals surface area contributed by atoms with Crippen LogP contribution in [0.4, 0.5) is 5.69 Å². The fourth-order valence-electron chi connectivity index (χ4n) is 2.73. The number of nitrogen functional groups attached to an aromatic ring is 1. The predicted octanol–water partition coefficient (Wildman–Crippen LogP) is 4.17. The van der Waals surface area contributed by atoms with Gasteiger partial charge in [-0.15, -0.1) is 0 Å². The Kier molecular flexibility index (Phi) is 6.93. The molecular weight excluding hydrogens is 310 g/mol. The number of anilines is 1. The molecule has 0 aliphatic rings. The Morgan fingerprint density at radius 3 is 2.48 bits per heavy atom. The number of benzene rings is 1. The van der Waals surface area contributed by atoms with Crippen LogP contribution in [-0.2, 0) is 19.6 Å². The minimum absolute atomic E-state index is 0.101. The first-order valence-electron chi connectivity index (χ1n) is 8.34. The standard InChI is InChI=1S/C18H26ClN3O/c1-2-3-4-5-6-7-17-21-18(19)16(13-23)22(17)12-14-8-10-15(20)11-9-14/h8-11,23H,2-7,12-13,20H2,1H3. The first-order valence-corrected chi connectivity index (χ1v) is 8.72. The zero-order valence-electron chi connectivity index (χ0n) is 13.8. The molecule has 0 fully saturated rings. The molecule has 4 nitrogen and oxygen atoms in total. The molecule has 2 aromatic rings. The first-order chi connectivity index (χ1) is 11.2.